The molecule has 0 unspecified atom stereocenters. The molecule has 7 heavy (non-hydrogen) atoms. The van der Waals surface area contributed by atoms with Gasteiger partial charge in [0.1, 0.15) is 5.84 Å². The first-order valence-corrected chi connectivity index (χ1v) is 2.32. The number of nitrogens with one attached hydrogen (secondary N) is 2. The molecule has 0 heterocycles. The minimum atomic E-state index is 0.313. The van der Waals surface area contributed by atoms with E-state index in [-0.39, 0.29) is 0 Å². The summed E-state index contributed by atoms with van der Waals surface area (Å²) < 4.78 is 0. The molecule has 0 aliphatic rings. The van der Waals surface area contributed by atoms with Crippen LogP contribution in [0.5, 0.6) is 0 Å². The molecular weight excluding hydrogens is 90.1 g/mol. The molecule has 42 valence electrons. The quantitative estimate of drug-likeness (QED) is 0.325. The summed E-state index contributed by atoms with van der Waals surface area (Å²) in [5.41, 5.74) is 5.07. The lowest BCUT2D eigenvalue weighted by atomic mass is 10.6. The minimum absolute atomic E-state index is 0.313. The summed E-state index contributed by atoms with van der Waals surface area (Å²) in [6, 6.07) is 0. The SMILES string of the molecule is CCNC(=N)CN. The van der Waals surface area contributed by atoms with E-state index in [1.54, 1.807) is 0 Å². The molecule has 0 spiro atoms. The molecule has 0 fully saturated rings. The van der Waals surface area contributed by atoms with Crippen molar-refractivity contribution in [2.75, 3.05) is 13.1 Å². The van der Waals surface area contributed by atoms with Crippen LogP contribution in [-0.4, -0.2) is 18.9 Å². The summed E-state index contributed by atoms with van der Waals surface area (Å²) in [6.45, 7) is 3.04. The van der Waals surface area contributed by atoms with Crippen molar-refractivity contribution in [3.05, 3.63) is 0 Å². The maximum atomic E-state index is 6.90. The van der Waals surface area contributed by atoms with Crippen LogP contribution in [-0.2, 0) is 0 Å². The van der Waals surface area contributed by atoms with Crippen molar-refractivity contribution in [3.63, 3.8) is 0 Å². The summed E-state index contributed by atoms with van der Waals surface area (Å²) in [6.07, 6.45) is 0. The van der Waals surface area contributed by atoms with E-state index in [9.17, 15) is 0 Å². The first kappa shape index (κ1) is 6.43. The van der Waals surface area contributed by atoms with Crippen LogP contribution in [0.3, 0.4) is 0 Å². The lowest BCUT2D eigenvalue weighted by molar-refractivity contribution is 0.934. The molecule has 0 rings (SSSR count). The van der Waals surface area contributed by atoms with Gasteiger partial charge in [-0.25, -0.2) is 0 Å². The normalized spacial score (nSPS) is 8.29. The fourth-order valence-corrected chi connectivity index (χ4v) is 0.286. The second kappa shape index (κ2) is 3.61. The van der Waals surface area contributed by atoms with E-state index in [0.29, 0.717) is 12.4 Å². The summed E-state index contributed by atoms with van der Waals surface area (Å²) >= 11 is 0. The summed E-state index contributed by atoms with van der Waals surface area (Å²) in [5.74, 6) is 0.405. The largest absolute Gasteiger partial charge is 0.373 e. The van der Waals surface area contributed by atoms with E-state index in [1.807, 2.05) is 6.92 Å². The Labute approximate surface area is 43.4 Å². The van der Waals surface area contributed by atoms with Crippen LogP contribution in [0.25, 0.3) is 0 Å². The Hall–Kier alpha value is -0.570. The van der Waals surface area contributed by atoms with Crippen LogP contribution in [0.1, 0.15) is 6.92 Å². The van der Waals surface area contributed by atoms with Crippen molar-refractivity contribution in [2.24, 2.45) is 5.73 Å². The summed E-state index contributed by atoms with van der Waals surface area (Å²) in [4.78, 5) is 0. The molecule has 0 radical (unpaired) electrons. The molecule has 0 bridgehead atoms. The molecular formula is C4H11N3. The fourth-order valence-electron chi connectivity index (χ4n) is 0.286. The van der Waals surface area contributed by atoms with Crippen molar-refractivity contribution < 1.29 is 0 Å². The minimum Gasteiger partial charge on any atom is -0.373 e. The Morgan fingerprint density at radius 1 is 1.86 bits per heavy atom. The topological polar surface area (TPSA) is 61.9 Å². The number of rotatable bonds is 2. The van der Waals surface area contributed by atoms with Gasteiger partial charge in [0.2, 0.25) is 0 Å². The van der Waals surface area contributed by atoms with Crippen molar-refractivity contribution in [1.82, 2.24) is 5.32 Å². The second-order valence-electron chi connectivity index (χ2n) is 1.21. The molecule has 0 amide bonds. The predicted molar refractivity (Wildman–Crippen MR) is 30.5 cm³/mol. The van der Waals surface area contributed by atoms with Crippen LogP contribution < -0.4 is 11.1 Å². The zero-order chi connectivity index (χ0) is 5.70. The van der Waals surface area contributed by atoms with Gasteiger partial charge in [-0.2, -0.15) is 0 Å². The van der Waals surface area contributed by atoms with E-state index in [1.165, 1.54) is 0 Å². The molecule has 0 aromatic rings. The monoisotopic (exact) mass is 101 g/mol. The molecule has 3 nitrogen and oxygen atoms in total. The van der Waals surface area contributed by atoms with Gasteiger partial charge in [-0.05, 0) is 6.92 Å². The molecule has 0 aromatic carbocycles. The van der Waals surface area contributed by atoms with Crippen molar-refractivity contribution >= 4 is 5.84 Å². The van der Waals surface area contributed by atoms with Gasteiger partial charge < -0.3 is 11.1 Å². The predicted octanol–water partition coefficient (Wildman–Crippen LogP) is -0.468. The third-order valence-electron chi connectivity index (χ3n) is 0.594. The number of likely N-dealkylation sites (N-methyl/N-ethyl adjacent to an activating group) is 1. The number of nitrogens with two attached hydrogens (primary N) is 1. The van der Waals surface area contributed by atoms with Gasteiger partial charge >= 0.3 is 0 Å². The van der Waals surface area contributed by atoms with Crippen LogP contribution in [0.4, 0.5) is 0 Å². The van der Waals surface area contributed by atoms with Crippen molar-refractivity contribution in [3.8, 4) is 0 Å². The second-order valence-corrected chi connectivity index (χ2v) is 1.21. The Balaban J connectivity index is 3.00. The van der Waals surface area contributed by atoms with Gasteiger partial charge in [-0.3, -0.25) is 5.41 Å². The highest BCUT2D eigenvalue weighted by molar-refractivity contribution is 5.80. The molecule has 0 aliphatic carbocycles. The Morgan fingerprint density at radius 2 is 2.43 bits per heavy atom. The Kier molecular flexibility index (Phi) is 3.32. The standard InChI is InChI=1S/C4H11N3/c1-2-7-4(6)3-5/h2-3,5H2,1H3,(H2,6,7). The first-order chi connectivity index (χ1) is 3.31. The van der Waals surface area contributed by atoms with Crippen LogP contribution >= 0.6 is 0 Å². The number of hydrogen-bond donors (Lipinski definition) is 3. The molecule has 0 aliphatic heterocycles. The van der Waals surface area contributed by atoms with Gasteiger partial charge in [-0.15, -0.1) is 0 Å². The first-order valence-electron chi connectivity index (χ1n) is 2.32. The summed E-state index contributed by atoms with van der Waals surface area (Å²) in [5, 5.41) is 9.65. The third kappa shape index (κ3) is 3.26. The molecule has 3 heteroatoms. The van der Waals surface area contributed by atoms with Crippen molar-refractivity contribution in [1.29, 1.82) is 5.41 Å². The maximum absolute atomic E-state index is 6.90. The van der Waals surface area contributed by atoms with E-state index < -0.39 is 0 Å². The molecule has 0 atom stereocenters. The fraction of sp³-hybridized carbons (Fsp3) is 0.750. The highest BCUT2D eigenvalue weighted by Crippen LogP contribution is 1.56. The highest BCUT2D eigenvalue weighted by atomic mass is 14.9. The van der Waals surface area contributed by atoms with Gasteiger partial charge in [0, 0.05) is 6.54 Å². The van der Waals surface area contributed by atoms with E-state index in [0.717, 1.165) is 6.54 Å². The zero-order valence-electron chi connectivity index (χ0n) is 4.49. The lowest BCUT2D eigenvalue weighted by Gasteiger charge is -1.98. The molecule has 0 saturated heterocycles. The van der Waals surface area contributed by atoms with Crippen molar-refractivity contribution in [2.45, 2.75) is 6.92 Å². The lowest BCUT2D eigenvalue weighted by Crippen LogP contribution is -2.28. The number of hydrogen-bond acceptors (Lipinski definition) is 2. The highest BCUT2D eigenvalue weighted by Gasteiger charge is 1.82. The third-order valence-corrected chi connectivity index (χ3v) is 0.594. The van der Waals surface area contributed by atoms with E-state index in [4.69, 9.17) is 11.1 Å². The Bertz CT molecular complexity index is 60.0. The smallest absolute Gasteiger partial charge is 0.107 e. The maximum Gasteiger partial charge on any atom is 0.107 e. The van der Waals surface area contributed by atoms with Crippen LogP contribution in [0.15, 0.2) is 0 Å². The van der Waals surface area contributed by atoms with Crippen LogP contribution in [0, 0.1) is 5.41 Å². The molecule has 4 N–H and O–H groups in total. The van der Waals surface area contributed by atoms with Gasteiger partial charge in [0.05, 0.1) is 6.54 Å². The van der Waals surface area contributed by atoms with E-state index in [2.05, 4.69) is 5.32 Å². The van der Waals surface area contributed by atoms with Gasteiger partial charge in [0.25, 0.3) is 0 Å². The van der Waals surface area contributed by atoms with Gasteiger partial charge in [0.15, 0.2) is 0 Å². The van der Waals surface area contributed by atoms with Gasteiger partial charge in [-0.1, -0.05) is 0 Å². The average molecular weight is 101 g/mol. The van der Waals surface area contributed by atoms with E-state index >= 15 is 0 Å². The Morgan fingerprint density at radius 3 is 2.57 bits per heavy atom. The average Bonchev–Trinajstić information content (AvgIpc) is 1.68. The number of amidine groups is 1. The zero-order valence-corrected chi connectivity index (χ0v) is 4.49. The van der Waals surface area contributed by atoms with Crippen LogP contribution in [0.2, 0.25) is 0 Å². The molecule has 0 aromatic heterocycles. The molecule has 0 saturated carbocycles. The summed E-state index contributed by atoms with van der Waals surface area (Å²) in [7, 11) is 0.